The van der Waals surface area contributed by atoms with Crippen LogP contribution in [-0.4, -0.2) is 36.9 Å². The van der Waals surface area contributed by atoms with Gasteiger partial charge in [0.25, 0.3) is 0 Å². The molecule has 0 radical (unpaired) electrons. The summed E-state index contributed by atoms with van der Waals surface area (Å²) in [7, 11) is -3.47. The van der Waals surface area contributed by atoms with E-state index in [2.05, 4.69) is 5.16 Å². The van der Waals surface area contributed by atoms with Crippen molar-refractivity contribution in [3.63, 3.8) is 0 Å². The Balaban J connectivity index is 1.66. The average Bonchev–Trinajstić information content (AvgIpc) is 3.24. The highest BCUT2D eigenvalue weighted by atomic mass is 32.2. The maximum Gasteiger partial charge on any atom is 0.338 e. The van der Waals surface area contributed by atoms with Gasteiger partial charge in [-0.15, -0.1) is 0 Å². The van der Waals surface area contributed by atoms with Crippen molar-refractivity contribution in [1.29, 1.82) is 0 Å². The second-order valence-electron chi connectivity index (χ2n) is 5.64. The second-order valence-corrected chi connectivity index (χ2v) is 7.58. The maximum absolute atomic E-state index is 12.4. The van der Waals surface area contributed by atoms with Gasteiger partial charge in [-0.05, 0) is 44.0 Å². The molecular formula is C16H18N2O5S. The Labute approximate surface area is 140 Å². The zero-order chi connectivity index (χ0) is 17.2. The lowest BCUT2D eigenvalue weighted by Gasteiger charge is -2.15. The number of ether oxygens (including phenoxy) is 1. The quantitative estimate of drug-likeness (QED) is 0.767. The largest absolute Gasteiger partial charge is 0.455 e. The van der Waals surface area contributed by atoms with E-state index in [1.165, 1.54) is 28.6 Å². The van der Waals surface area contributed by atoms with Crippen LogP contribution in [0, 0.1) is 6.92 Å². The highest BCUT2D eigenvalue weighted by Gasteiger charge is 2.27. The van der Waals surface area contributed by atoms with Gasteiger partial charge in [0.2, 0.25) is 10.0 Å². The Bertz CT molecular complexity index is 820. The zero-order valence-electron chi connectivity index (χ0n) is 13.3. The monoisotopic (exact) mass is 350 g/mol. The Kier molecular flexibility index (Phi) is 4.68. The minimum Gasteiger partial charge on any atom is -0.455 e. The van der Waals surface area contributed by atoms with Crippen molar-refractivity contribution in [2.24, 2.45) is 0 Å². The molecule has 24 heavy (non-hydrogen) atoms. The molecule has 1 aromatic heterocycles. The van der Waals surface area contributed by atoms with Gasteiger partial charge in [0, 0.05) is 19.2 Å². The van der Waals surface area contributed by atoms with E-state index >= 15 is 0 Å². The number of hydrogen-bond acceptors (Lipinski definition) is 6. The van der Waals surface area contributed by atoms with E-state index in [1.54, 1.807) is 13.0 Å². The highest BCUT2D eigenvalue weighted by Crippen LogP contribution is 2.21. The predicted molar refractivity (Wildman–Crippen MR) is 84.8 cm³/mol. The fourth-order valence-corrected chi connectivity index (χ4v) is 4.07. The number of hydrogen-bond donors (Lipinski definition) is 0. The summed E-state index contributed by atoms with van der Waals surface area (Å²) in [5.41, 5.74) is 0.810. The summed E-state index contributed by atoms with van der Waals surface area (Å²) in [5.74, 6) is 0.0956. The second kappa shape index (κ2) is 6.74. The van der Waals surface area contributed by atoms with Crippen LogP contribution in [0.1, 0.15) is 34.7 Å². The molecule has 0 amide bonds. The molecule has 0 atom stereocenters. The molecule has 1 saturated heterocycles. The third-order valence-corrected chi connectivity index (χ3v) is 5.73. The lowest BCUT2D eigenvalue weighted by Crippen LogP contribution is -2.27. The molecule has 0 saturated carbocycles. The molecule has 1 aliphatic heterocycles. The summed E-state index contributed by atoms with van der Waals surface area (Å²) >= 11 is 0. The van der Waals surface area contributed by atoms with E-state index in [4.69, 9.17) is 9.26 Å². The molecule has 2 heterocycles. The van der Waals surface area contributed by atoms with Crippen LogP contribution >= 0.6 is 0 Å². The van der Waals surface area contributed by atoms with Crippen LogP contribution in [0.3, 0.4) is 0 Å². The predicted octanol–water partition coefficient (Wildman–Crippen LogP) is 2.12. The summed E-state index contributed by atoms with van der Waals surface area (Å²) in [5, 5.41) is 3.73. The molecule has 1 fully saturated rings. The summed E-state index contributed by atoms with van der Waals surface area (Å²) in [4.78, 5) is 12.2. The summed E-state index contributed by atoms with van der Waals surface area (Å²) in [6.07, 6.45) is 1.76. The van der Waals surface area contributed by atoms with Crippen molar-refractivity contribution in [3.05, 3.63) is 47.3 Å². The number of rotatable bonds is 5. The van der Waals surface area contributed by atoms with Crippen molar-refractivity contribution >= 4 is 16.0 Å². The number of nitrogens with zero attached hydrogens (tertiary/aromatic N) is 2. The Morgan fingerprint density at radius 1 is 1.25 bits per heavy atom. The minimum absolute atomic E-state index is 0.00397. The van der Waals surface area contributed by atoms with E-state index in [1.807, 2.05) is 0 Å². The smallest absolute Gasteiger partial charge is 0.338 e. The average molecular weight is 350 g/mol. The third-order valence-electron chi connectivity index (χ3n) is 3.82. The molecule has 0 bridgehead atoms. The first-order valence-electron chi connectivity index (χ1n) is 7.66. The number of sulfonamides is 1. The van der Waals surface area contributed by atoms with E-state index in [0.29, 0.717) is 24.5 Å². The van der Waals surface area contributed by atoms with Gasteiger partial charge in [-0.1, -0.05) is 5.16 Å². The van der Waals surface area contributed by atoms with Crippen molar-refractivity contribution in [2.45, 2.75) is 31.3 Å². The first-order chi connectivity index (χ1) is 11.5. The molecule has 128 valence electrons. The summed E-state index contributed by atoms with van der Waals surface area (Å²) in [6, 6.07) is 7.46. The van der Waals surface area contributed by atoms with Crippen molar-refractivity contribution in [3.8, 4) is 0 Å². The molecule has 0 aliphatic carbocycles. The molecule has 0 spiro atoms. The zero-order valence-corrected chi connectivity index (χ0v) is 14.1. The first-order valence-corrected chi connectivity index (χ1v) is 9.10. The molecule has 8 heteroatoms. The topological polar surface area (TPSA) is 89.7 Å². The molecule has 0 unspecified atom stereocenters. The van der Waals surface area contributed by atoms with Crippen molar-refractivity contribution in [1.82, 2.24) is 9.46 Å². The van der Waals surface area contributed by atoms with Gasteiger partial charge in [-0.25, -0.2) is 13.2 Å². The lowest BCUT2D eigenvalue weighted by atomic mass is 10.2. The number of esters is 1. The summed E-state index contributed by atoms with van der Waals surface area (Å²) in [6.45, 7) is 2.84. The maximum atomic E-state index is 12.4. The van der Waals surface area contributed by atoms with E-state index in [-0.39, 0.29) is 17.1 Å². The van der Waals surface area contributed by atoms with Gasteiger partial charge in [0.1, 0.15) is 18.1 Å². The Morgan fingerprint density at radius 3 is 2.50 bits per heavy atom. The van der Waals surface area contributed by atoms with Crippen LogP contribution in [0.2, 0.25) is 0 Å². The van der Waals surface area contributed by atoms with Gasteiger partial charge in [-0.3, -0.25) is 0 Å². The van der Waals surface area contributed by atoms with Crippen LogP contribution in [-0.2, 0) is 21.4 Å². The number of aromatic nitrogens is 1. The Morgan fingerprint density at radius 2 is 1.92 bits per heavy atom. The number of benzene rings is 1. The van der Waals surface area contributed by atoms with Gasteiger partial charge < -0.3 is 9.26 Å². The number of aryl methyl sites for hydroxylation is 1. The van der Waals surface area contributed by atoms with Crippen LogP contribution in [0.15, 0.2) is 39.8 Å². The third kappa shape index (κ3) is 3.49. The van der Waals surface area contributed by atoms with Gasteiger partial charge in [0.05, 0.1) is 10.5 Å². The molecule has 0 N–H and O–H groups in total. The van der Waals surface area contributed by atoms with Gasteiger partial charge in [0.15, 0.2) is 0 Å². The molecule has 2 aromatic rings. The minimum atomic E-state index is -3.47. The number of carbonyl (C=O) groups is 1. The first kappa shape index (κ1) is 16.7. The van der Waals surface area contributed by atoms with Crippen LogP contribution < -0.4 is 0 Å². The Hall–Kier alpha value is -2.19. The van der Waals surface area contributed by atoms with Crippen LogP contribution in [0.4, 0.5) is 0 Å². The van der Waals surface area contributed by atoms with Crippen LogP contribution in [0.25, 0.3) is 0 Å². The lowest BCUT2D eigenvalue weighted by molar-refractivity contribution is 0.0464. The summed E-state index contributed by atoms with van der Waals surface area (Å²) < 4.78 is 36.3. The molecule has 7 nitrogen and oxygen atoms in total. The van der Waals surface area contributed by atoms with Crippen LogP contribution in [0.5, 0.6) is 0 Å². The number of carbonyl (C=O) groups excluding carboxylic acids is 1. The highest BCUT2D eigenvalue weighted by molar-refractivity contribution is 7.89. The van der Waals surface area contributed by atoms with Crippen molar-refractivity contribution in [2.75, 3.05) is 13.1 Å². The van der Waals surface area contributed by atoms with E-state index in [9.17, 15) is 13.2 Å². The van der Waals surface area contributed by atoms with Gasteiger partial charge in [-0.2, -0.15) is 4.31 Å². The van der Waals surface area contributed by atoms with Gasteiger partial charge >= 0.3 is 5.97 Å². The van der Waals surface area contributed by atoms with Crippen molar-refractivity contribution < 1.29 is 22.5 Å². The fourth-order valence-electron chi connectivity index (χ4n) is 2.55. The fraction of sp³-hybridized carbons (Fsp3) is 0.375. The molecular weight excluding hydrogens is 332 g/mol. The van der Waals surface area contributed by atoms with E-state index < -0.39 is 16.0 Å². The molecule has 1 aromatic carbocycles. The van der Waals surface area contributed by atoms with E-state index in [0.717, 1.165) is 12.8 Å². The normalized spacial score (nSPS) is 15.5. The molecule has 1 aliphatic rings. The molecule has 3 rings (SSSR count). The SMILES string of the molecule is Cc1cc(COC(=O)c2ccc(S(=O)(=O)N3CCCC3)cc2)no1. The standard InChI is InChI=1S/C16H18N2O5S/c1-12-10-14(17-23-12)11-22-16(19)13-4-6-15(7-5-13)24(20,21)18-8-2-3-9-18/h4-7,10H,2-3,8-9,11H2,1H3.